The van der Waals surface area contributed by atoms with Crippen LogP contribution in [0.4, 0.5) is 11.5 Å². The molecule has 0 saturated carbocycles. The lowest BCUT2D eigenvalue weighted by atomic mass is 10.2. The molecule has 0 aliphatic heterocycles. The normalized spacial score (nSPS) is 11.0. The minimum Gasteiger partial charge on any atom is -0.337 e. The van der Waals surface area contributed by atoms with Crippen molar-refractivity contribution in [3.8, 4) is 0 Å². The highest BCUT2D eigenvalue weighted by molar-refractivity contribution is 5.57. The van der Waals surface area contributed by atoms with Gasteiger partial charge >= 0.3 is 0 Å². The van der Waals surface area contributed by atoms with Crippen molar-refractivity contribution in [1.29, 1.82) is 0 Å². The summed E-state index contributed by atoms with van der Waals surface area (Å²) >= 11 is 0. The molecule has 0 radical (unpaired) electrons. The molecule has 1 aromatic carbocycles. The summed E-state index contributed by atoms with van der Waals surface area (Å²) in [6, 6.07) is 12.2. The Morgan fingerprint density at radius 2 is 2.00 bits per heavy atom. The van der Waals surface area contributed by atoms with E-state index in [1.54, 1.807) is 10.7 Å². The SMILES string of the molecule is Cc1cc(Nc2cnn(Cc3ccccc3)c2)n2ncnc2n1. The summed E-state index contributed by atoms with van der Waals surface area (Å²) in [6.07, 6.45) is 5.25. The van der Waals surface area contributed by atoms with Gasteiger partial charge in [-0.1, -0.05) is 30.3 Å². The Morgan fingerprint density at radius 3 is 2.87 bits per heavy atom. The van der Waals surface area contributed by atoms with Gasteiger partial charge < -0.3 is 5.32 Å². The zero-order chi connectivity index (χ0) is 15.6. The molecule has 7 nitrogen and oxygen atoms in total. The van der Waals surface area contributed by atoms with Gasteiger partial charge in [-0.25, -0.2) is 4.98 Å². The predicted octanol–water partition coefficient (Wildman–Crippen LogP) is 2.42. The van der Waals surface area contributed by atoms with E-state index in [0.29, 0.717) is 5.78 Å². The van der Waals surface area contributed by atoms with Crippen LogP contribution in [0.15, 0.2) is 55.1 Å². The van der Waals surface area contributed by atoms with E-state index < -0.39 is 0 Å². The highest BCUT2D eigenvalue weighted by Gasteiger charge is 2.07. The molecule has 0 saturated heterocycles. The average molecular weight is 305 g/mol. The number of rotatable bonds is 4. The number of hydrogen-bond donors (Lipinski definition) is 1. The van der Waals surface area contributed by atoms with Gasteiger partial charge in [0.1, 0.15) is 12.1 Å². The van der Waals surface area contributed by atoms with Gasteiger partial charge in [0.25, 0.3) is 5.78 Å². The Labute approximate surface area is 132 Å². The van der Waals surface area contributed by atoms with Crippen molar-refractivity contribution >= 4 is 17.3 Å². The summed E-state index contributed by atoms with van der Waals surface area (Å²) in [7, 11) is 0. The lowest BCUT2D eigenvalue weighted by molar-refractivity contribution is 0.687. The zero-order valence-electron chi connectivity index (χ0n) is 12.6. The Morgan fingerprint density at radius 1 is 1.13 bits per heavy atom. The molecule has 0 spiro atoms. The largest absolute Gasteiger partial charge is 0.337 e. The number of nitrogens with zero attached hydrogens (tertiary/aromatic N) is 6. The molecule has 4 aromatic rings. The molecule has 0 aliphatic rings. The van der Waals surface area contributed by atoms with Crippen LogP contribution >= 0.6 is 0 Å². The van der Waals surface area contributed by atoms with Crippen molar-refractivity contribution in [2.45, 2.75) is 13.5 Å². The van der Waals surface area contributed by atoms with E-state index in [1.165, 1.54) is 11.9 Å². The van der Waals surface area contributed by atoms with Crippen LogP contribution in [0, 0.1) is 6.92 Å². The van der Waals surface area contributed by atoms with Crippen molar-refractivity contribution < 1.29 is 0 Å². The molecule has 0 unspecified atom stereocenters. The van der Waals surface area contributed by atoms with E-state index in [0.717, 1.165) is 23.7 Å². The number of nitrogens with one attached hydrogen (secondary N) is 1. The predicted molar refractivity (Wildman–Crippen MR) is 86.6 cm³/mol. The molecule has 7 heteroatoms. The Balaban J connectivity index is 1.58. The highest BCUT2D eigenvalue weighted by atomic mass is 15.4. The molecule has 4 rings (SSSR count). The topological polar surface area (TPSA) is 72.9 Å². The van der Waals surface area contributed by atoms with Gasteiger partial charge in [-0.05, 0) is 12.5 Å². The van der Waals surface area contributed by atoms with Crippen molar-refractivity contribution in [2.75, 3.05) is 5.32 Å². The van der Waals surface area contributed by atoms with Crippen LogP contribution in [-0.2, 0) is 6.54 Å². The molecule has 0 atom stereocenters. The first-order chi connectivity index (χ1) is 11.3. The molecule has 3 heterocycles. The van der Waals surface area contributed by atoms with Gasteiger partial charge in [0, 0.05) is 18.0 Å². The van der Waals surface area contributed by atoms with Crippen molar-refractivity contribution in [3.63, 3.8) is 0 Å². The average Bonchev–Trinajstić information content (AvgIpc) is 3.17. The maximum Gasteiger partial charge on any atom is 0.254 e. The van der Waals surface area contributed by atoms with Gasteiger partial charge in [0.05, 0.1) is 18.4 Å². The van der Waals surface area contributed by atoms with E-state index in [-0.39, 0.29) is 0 Å². The third kappa shape index (κ3) is 2.76. The number of anilines is 2. The maximum absolute atomic E-state index is 4.39. The molecule has 114 valence electrons. The van der Waals surface area contributed by atoms with Crippen LogP contribution in [0.3, 0.4) is 0 Å². The third-order valence-corrected chi connectivity index (χ3v) is 3.47. The van der Waals surface area contributed by atoms with E-state index >= 15 is 0 Å². The first-order valence-corrected chi connectivity index (χ1v) is 7.29. The van der Waals surface area contributed by atoms with E-state index in [9.17, 15) is 0 Å². The van der Waals surface area contributed by atoms with Gasteiger partial charge in [0.2, 0.25) is 0 Å². The fraction of sp³-hybridized carbons (Fsp3) is 0.125. The summed E-state index contributed by atoms with van der Waals surface area (Å²) < 4.78 is 3.56. The Kier molecular flexibility index (Phi) is 3.23. The lowest BCUT2D eigenvalue weighted by Crippen LogP contribution is -2.02. The minimum absolute atomic E-state index is 0.573. The first-order valence-electron chi connectivity index (χ1n) is 7.29. The fourth-order valence-electron chi connectivity index (χ4n) is 2.45. The van der Waals surface area contributed by atoms with E-state index in [2.05, 4.69) is 37.6 Å². The quantitative estimate of drug-likeness (QED) is 0.627. The van der Waals surface area contributed by atoms with Crippen LogP contribution in [0.25, 0.3) is 5.78 Å². The van der Waals surface area contributed by atoms with Crippen molar-refractivity contribution in [2.24, 2.45) is 0 Å². The second-order valence-electron chi connectivity index (χ2n) is 5.29. The Hall–Kier alpha value is -3.22. The van der Waals surface area contributed by atoms with Crippen molar-refractivity contribution in [3.05, 3.63) is 66.4 Å². The molecule has 0 aliphatic carbocycles. The zero-order valence-corrected chi connectivity index (χ0v) is 12.6. The van der Waals surface area contributed by atoms with Gasteiger partial charge in [-0.3, -0.25) is 4.68 Å². The number of fused-ring (bicyclic) bond motifs is 1. The van der Waals surface area contributed by atoms with Crippen LogP contribution in [0.5, 0.6) is 0 Å². The van der Waals surface area contributed by atoms with Crippen LogP contribution in [0.2, 0.25) is 0 Å². The highest BCUT2D eigenvalue weighted by Crippen LogP contribution is 2.17. The Bertz CT molecular complexity index is 939. The molecule has 23 heavy (non-hydrogen) atoms. The van der Waals surface area contributed by atoms with Crippen LogP contribution in [-0.4, -0.2) is 29.4 Å². The fourth-order valence-corrected chi connectivity index (χ4v) is 2.45. The summed E-state index contributed by atoms with van der Waals surface area (Å²) in [5.74, 6) is 1.38. The third-order valence-electron chi connectivity index (χ3n) is 3.47. The monoisotopic (exact) mass is 305 g/mol. The summed E-state index contributed by atoms with van der Waals surface area (Å²) in [6.45, 7) is 2.66. The van der Waals surface area contributed by atoms with Gasteiger partial charge in [-0.2, -0.15) is 19.7 Å². The standard InChI is InChI=1S/C16H15N7/c1-12-7-15(23-16(20-12)17-11-19-23)21-14-8-18-22(10-14)9-13-5-3-2-4-6-13/h2-8,10-11,21H,9H2,1H3. The minimum atomic E-state index is 0.573. The van der Waals surface area contributed by atoms with E-state index in [1.807, 2.05) is 42.1 Å². The number of aromatic nitrogens is 6. The number of hydrogen-bond acceptors (Lipinski definition) is 5. The van der Waals surface area contributed by atoms with Crippen LogP contribution in [0.1, 0.15) is 11.3 Å². The van der Waals surface area contributed by atoms with Gasteiger partial charge in [-0.15, -0.1) is 0 Å². The molecular weight excluding hydrogens is 290 g/mol. The second-order valence-corrected chi connectivity index (χ2v) is 5.29. The molecule has 1 N–H and O–H groups in total. The summed E-state index contributed by atoms with van der Waals surface area (Å²) in [4.78, 5) is 8.45. The summed E-state index contributed by atoms with van der Waals surface area (Å²) in [5, 5.41) is 11.9. The second kappa shape index (κ2) is 5.53. The molecular formula is C16H15N7. The lowest BCUT2D eigenvalue weighted by Gasteiger charge is -2.06. The number of benzene rings is 1. The molecule has 0 amide bonds. The van der Waals surface area contributed by atoms with E-state index in [4.69, 9.17) is 0 Å². The smallest absolute Gasteiger partial charge is 0.254 e. The van der Waals surface area contributed by atoms with Crippen molar-refractivity contribution in [1.82, 2.24) is 29.4 Å². The first kappa shape index (κ1) is 13.4. The summed E-state index contributed by atoms with van der Waals surface area (Å²) in [5.41, 5.74) is 2.98. The molecule has 0 fully saturated rings. The number of aryl methyl sites for hydroxylation is 1. The molecule has 3 aromatic heterocycles. The maximum atomic E-state index is 4.39. The molecule has 0 bridgehead atoms. The van der Waals surface area contributed by atoms with Crippen LogP contribution < -0.4 is 5.32 Å². The van der Waals surface area contributed by atoms with Gasteiger partial charge in [0.15, 0.2) is 0 Å².